The zero-order chi connectivity index (χ0) is 9.73. The summed E-state index contributed by atoms with van der Waals surface area (Å²) in [5.41, 5.74) is 6.01. The van der Waals surface area contributed by atoms with Gasteiger partial charge >= 0.3 is 0 Å². The van der Waals surface area contributed by atoms with E-state index in [0.29, 0.717) is 0 Å². The maximum Gasteiger partial charge on any atom is 0.0405 e. The van der Waals surface area contributed by atoms with Crippen molar-refractivity contribution in [1.82, 2.24) is 5.32 Å². The van der Waals surface area contributed by atoms with Crippen LogP contribution in [-0.4, -0.2) is 29.6 Å². The highest BCUT2D eigenvalue weighted by molar-refractivity contribution is 8.00. The molecule has 0 amide bonds. The summed E-state index contributed by atoms with van der Waals surface area (Å²) in [5, 5.41) is 4.31. The van der Waals surface area contributed by atoms with E-state index in [2.05, 4.69) is 18.8 Å². The van der Waals surface area contributed by atoms with Gasteiger partial charge in [0.25, 0.3) is 0 Å². The van der Waals surface area contributed by atoms with E-state index in [1.807, 2.05) is 17.8 Å². The molecule has 0 aromatic rings. The number of rotatable bonds is 5. The molecule has 0 aromatic carbocycles. The molecule has 13 heavy (non-hydrogen) atoms. The molecule has 0 bridgehead atoms. The Morgan fingerprint density at radius 2 is 2.54 bits per heavy atom. The van der Waals surface area contributed by atoms with E-state index >= 15 is 0 Å². The number of nitrogens with two attached hydrogens (primary N) is 1. The standard InChI is InChI=1S/C10H20N2S/c1-3-4-5-12-10(7-11)6-9(2)13-8-10/h3,9,12H,1,4-8,11H2,2H3. The minimum absolute atomic E-state index is 0.201. The number of thioether (sulfide) groups is 1. The third-order valence-corrected chi connectivity index (χ3v) is 4.02. The van der Waals surface area contributed by atoms with Crippen molar-refractivity contribution >= 4 is 11.8 Å². The Bertz CT molecular complexity index is 172. The van der Waals surface area contributed by atoms with E-state index in [1.54, 1.807) is 0 Å². The van der Waals surface area contributed by atoms with E-state index in [0.717, 1.165) is 30.5 Å². The van der Waals surface area contributed by atoms with E-state index < -0.39 is 0 Å². The largest absolute Gasteiger partial charge is 0.329 e. The summed E-state index contributed by atoms with van der Waals surface area (Å²) in [5.74, 6) is 1.15. The molecule has 2 unspecified atom stereocenters. The van der Waals surface area contributed by atoms with Crippen molar-refractivity contribution < 1.29 is 0 Å². The normalized spacial score (nSPS) is 33.5. The van der Waals surface area contributed by atoms with Crippen LogP contribution in [0.5, 0.6) is 0 Å². The van der Waals surface area contributed by atoms with Crippen molar-refractivity contribution in [3.8, 4) is 0 Å². The Labute approximate surface area is 85.3 Å². The molecule has 0 saturated carbocycles. The topological polar surface area (TPSA) is 38.0 Å². The second kappa shape index (κ2) is 5.03. The summed E-state index contributed by atoms with van der Waals surface area (Å²) in [6.07, 6.45) is 4.18. The highest BCUT2D eigenvalue weighted by atomic mass is 32.2. The fraction of sp³-hybridized carbons (Fsp3) is 0.800. The van der Waals surface area contributed by atoms with Crippen LogP contribution in [0.1, 0.15) is 19.8 Å². The van der Waals surface area contributed by atoms with Gasteiger partial charge in [-0.2, -0.15) is 11.8 Å². The van der Waals surface area contributed by atoms with Gasteiger partial charge in [-0.15, -0.1) is 6.58 Å². The van der Waals surface area contributed by atoms with E-state index in [4.69, 9.17) is 5.73 Å². The van der Waals surface area contributed by atoms with E-state index in [9.17, 15) is 0 Å². The molecule has 3 heteroatoms. The van der Waals surface area contributed by atoms with Crippen LogP contribution in [0, 0.1) is 0 Å². The smallest absolute Gasteiger partial charge is 0.0405 e. The first kappa shape index (κ1) is 11.1. The lowest BCUT2D eigenvalue weighted by molar-refractivity contribution is 0.365. The van der Waals surface area contributed by atoms with Crippen molar-refractivity contribution in [3.05, 3.63) is 12.7 Å². The maximum atomic E-state index is 5.81. The van der Waals surface area contributed by atoms with Gasteiger partial charge < -0.3 is 11.1 Å². The maximum absolute atomic E-state index is 5.81. The zero-order valence-electron chi connectivity index (χ0n) is 8.38. The molecule has 0 spiro atoms. The summed E-state index contributed by atoms with van der Waals surface area (Å²) in [6, 6.07) is 0. The summed E-state index contributed by atoms with van der Waals surface area (Å²) >= 11 is 2.02. The monoisotopic (exact) mass is 200 g/mol. The van der Waals surface area contributed by atoms with Crippen molar-refractivity contribution in [2.45, 2.75) is 30.6 Å². The molecule has 0 aliphatic carbocycles. The third kappa shape index (κ3) is 3.01. The summed E-state index contributed by atoms with van der Waals surface area (Å²) in [7, 11) is 0. The van der Waals surface area contributed by atoms with Gasteiger partial charge in [0.15, 0.2) is 0 Å². The number of hydrogen-bond acceptors (Lipinski definition) is 3. The van der Waals surface area contributed by atoms with Crippen LogP contribution in [0.2, 0.25) is 0 Å². The second-order valence-electron chi connectivity index (χ2n) is 3.81. The molecule has 1 aliphatic heterocycles. The first-order valence-corrected chi connectivity index (χ1v) is 5.95. The molecule has 1 aliphatic rings. The molecule has 2 atom stereocenters. The van der Waals surface area contributed by atoms with Gasteiger partial charge in [0.05, 0.1) is 0 Å². The molecule has 3 N–H and O–H groups in total. The minimum Gasteiger partial charge on any atom is -0.329 e. The average molecular weight is 200 g/mol. The lowest BCUT2D eigenvalue weighted by Gasteiger charge is -2.28. The van der Waals surface area contributed by atoms with Crippen molar-refractivity contribution in [2.75, 3.05) is 18.8 Å². The van der Waals surface area contributed by atoms with Crippen LogP contribution < -0.4 is 11.1 Å². The van der Waals surface area contributed by atoms with Crippen LogP contribution in [0.25, 0.3) is 0 Å². The highest BCUT2D eigenvalue weighted by Crippen LogP contribution is 2.33. The van der Waals surface area contributed by atoms with Crippen molar-refractivity contribution in [1.29, 1.82) is 0 Å². The highest BCUT2D eigenvalue weighted by Gasteiger charge is 2.35. The SMILES string of the molecule is C=CCCNC1(CN)CSC(C)C1. The Balaban J connectivity index is 2.36. The first-order valence-electron chi connectivity index (χ1n) is 4.90. The Morgan fingerprint density at radius 1 is 1.77 bits per heavy atom. The lowest BCUT2D eigenvalue weighted by atomic mass is 9.96. The Hall–Kier alpha value is 0.0100. The van der Waals surface area contributed by atoms with E-state index in [-0.39, 0.29) is 5.54 Å². The zero-order valence-corrected chi connectivity index (χ0v) is 9.20. The fourth-order valence-electron chi connectivity index (χ4n) is 1.75. The molecule has 1 saturated heterocycles. The van der Waals surface area contributed by atoms with E-state index in [1.165, 1.54) is 6.42 Å². The van der Waals surface area contributed by atoms with Crippen LogP contribution >= 0.6 is 11.8 Å². The van der Waals surface area contributed by atoms with Crippen LogP contribution in [0.4, 0.5) is 0 Å². The van der Waals surface area contributed by atoms with Gasteiger partial charge in [-0.05, 0) is 19.4 Å². The Morgan fingerprint density at radius 3 is 3.00 bits per heavy atom. The predicted molar refractivity (Wildman–Crippen MR) is 61.1 cm³/mol. The molecular formula is C10H20N2S. The third-order valence-electron chi connectivity index (χ3n) is 2.56. The summed E-state index contributed by atoms with van der Waals surface area (Å²) in [4.78, 5) is 0. The number of hydrogen-bond donors (Lipinski definition) is 2. The van der Waals surface area contributed by atoms with Gasteiger partial charge in [0.1, 0.15) is 0 Å². The van der Waals surface area contributed by atoms with Crippen LogP contribution in [0.15, 0.2) is 12.7 Å². The van der Waals surface area contributed by atoms with Gasteiger partial charge in [0.2, 0.25) is 0 Å². The molecule has 1 heterocycles. The summed E-state index contributed by atoms with van der Waals surface area (Å²) in [6.45, 7) is 7.75. The molecule has 1 fully saturated rings. The molecular weight excluding hydrogens is 180 g/mol. The molecule has 0 radical (unpaired) electrons. The van der Waals surface area contributed by atoms with Crippen molar-refractivity contribution in [3.63, 3.8) is 0 Å². The lowest BCUT2D eigenvalue weighted by Crippen LogP contribution is -2.51. The van der Waals surface area contributed by atoms with Crippen LogP contribution in [-0.2, 0) is 0 Å². The predicted octanol–water partition coefficient (Wildman–Crippen LogP) is 1.38. The van der Waals surface area contributed by atoms with Crippen molar-refractivity contribution in [2.24, 2.45) is 5.73 Å². The minimum atomic E-state index is 0.201. The van der Waals surface area contributed by atoms with Gasteiger partial charge in [0, 0.05) is 23.1 Å². The average Bonchev–Trinajstić information content (AvgIpc) is 2.49. The quantitative estimate of drug-likeness (QED) is 0.520. The number of nitrogens with one attached hydrogen (secondary N) is 1. The summed E-state index contributed by atoms with van der Waals surface area (Å²) < 4.78 is 0. The molecule has 76 valence electrons. The fourth-order valence-corrected chi connectivity index (χ4v) is 3.13. The molecule has 1 rings (SSSR count). The van der Waals surface area contributed by atoms with Gasteiger partial charge in [-0.1, -0.05) is 13.0 Å². The van der Waals surface area contributed by atoms with Gasteiger partial charge in [-0.25, -0.2) is 0 Å². The van der Waals surface area contributed by atoms with Crippen LogP contribution in [0.3, 0.4) is 0 Å². The molecule has 0 aromatic heterocycles. The second-order valence-corrected chi connectivity index (χ2v) is 5.24. The first-order chi connectivity index (χ1) is 6.22. The molecule has 2 nitrogen and oxygen atoms in total. The Kier molecular flexibility index (Phi) is 4.29. The van der Waals surface area contributed by atoms with Gasteiger partial charge in [-0.3, -0.25) is 0 Å².